The maximum absolute atomic E-state index is 14.2. The van der Waals surface area contributed by atoms with E-state index in [0.717, 1.165) is 30.3 Å². The SMILES string of the molecule is Cc1ccc([C@@H](CN2CCOCC2)NS(=O)(=O)c2ccc(Cl)cc2F)cc1. The molecule has 1 aliphatic rings. The van der Waals surface area contributed by atoms with E-state index in [9.17, 15) is 12.8 Å². The molecule has 0 amide bonds. The Labute approximate surface area is 164 Å². The highest BCUT2D eigenvalue weighted by atomic mass is 35.5. The number of benzene rings is 2. The number of halogens is 2. The molecule has 1 fully saturated rings. The molecule has 1 atom stereocenters. The summed E-state index contributed by atoms with van der Waals surface area (Å²) in [6.45, 7) is 5.10. The van der Waals surface area contributed by atoms with Gasteiger partial charge in [-0.25, -0.2) is 17.5 Å². The first-order valence-corrected chi connectivity index (χ1v) is 10.6. The third kappa shape index (κ3) is 5.27. The predicted molar refractivity (Wildman–Crippen MR) is 103 cm³/mol. The minimum atomic E-state index is -4.06. The topological polar surface area (TPSA) is 58.6 Å². The van der Waals surface area contributed by atoms with Crippen LogP contribution in [0.5, 0.6) is 0 Å². The van der Waals surface area contributed by atoms with E-state index < -0.39 is 26.8 Å². The van der Waals surface area contributed by atoms with E-state index in [1.54, 1.807) is 0 Å². The van der Waals surface area contributed by atoms with Crippen LogP contribution in [0.15, 0.2) is 47.4 Å². The van der Waals surface area contributed by atoms with Gasteiger partial charge in [-0.15, -0.1) is 0 Å². The van der Waals surface area contributed by atoms with E-state index in [1.807, 2.05) is 31.2 Å². The maximum atomic E-state index is 14.2. The second-order valence-corrected chi connectivity index (χ2v) is 8.69. The van der Waals surface area contributed by atoms with Crippen molar-refractivity contribution in [3.05, 3.63) is 64.4 Å². The molecule has 27 heavy (non-hydrogen) atoms. The van der Waals surface area contributed by atoms with Crippen molar-refractivity contribution >= 4 is 21.6 Å². The molecule has 0 aliphatic carbocycles. The minimum absolute atomic E-state index is 0.148. The van der Waals surface area contributed by atoms with Gasteiger partial charge in [-0.05, 0) is 30.7 Å². The minimum Gasteiger partial charge on any atom is -0.379 e. The molecule has 146 valence electrons. The summed E-state index contributed by atoms with van der Waals surface area (Å²) >= 11 is 5.74. The van der Waals surface area contributed by atoms with Crippen LogP contribution in [-0.2, 0) is 14.8 Å². The van der Waals surface area contributed by atoms with E-state index in [0.29, 0.717) is 19.8 Å². The molecule has 0 spiro atoms. The molecule has 0 bridgehead atoms. The molecule has 0 unspecified atom stereocenters. The Bertz CT molecular complexity index is 884. The Balaban J connectivity index is 1.88. The standard InChI is InChI=1S/C19H22ClFN2O3S/c1-14-2-4-15(5-3-14)18(13-23-8-10-26-11-9-23)22-27(24,25)19-7-6-16(20)12-17(19)21/h2-7,12,18,22H,8-11,13H2,1H3/t18-/m1/s1. The Morgan fingerprint density at radius 3 is 2.48 bits per heavy atom. The highest BCUT2D eigenvalue weighted by molar-refractivity contribution is 7.89. The van der Waals surface area contributed by atoms with Crippen molar-refractivity contribution in [3.8, 4) is 0 Å². The first-order valence-electron chi connectivity index (χ1n) is 8.69. The lowest BCUT2D eigenvalue weighted by Crippen LogP contribution is -2.43. The molecule has 5 nitrogen and oxygen atoms in total. The Hall–Kier alpha value is -1.51. The summed E-state index contributed by atoms with van der Waals surface area (Å²) in [4.78, 5) is 1.72. The summed E-state index contributed by atoms with van der Waals surface area (Å²) in [5.74, 6) is -0.871. The summed E-state index contributed by atoms with van der Waals surface area (Å²) in [5.41, 5.74) is 1.90. The van der Waals surface area contributed by atoms with E-state index in [2.05, 4.69) is 9.62 Å². The van der Waals surface area contributed by atoms with Gasteiger partial charge in [-0.1, -0.05) is 41.4 Å². The van der Waals surface area contributed by atoms with Crippen molar-refractivity contribution in [2.24, 2.45) is 0 Å². The third-order valence-corrected chi connectivity index (χ3v) is 6.25. The van der Waals surface area contributed by atoms with Gasteiger partial charge in [0, 0.05) is 24.7 Å². The van der Waals surface area contributed by atoms with Crippen LogP contribution in [0.25, 0.3) is 0 Å². The first-order chi connectivity index (χ1) is 12.8. The molecular formula is C19H22ClFN2O3S. The Morgan fingerprint density at radius 1 is 1.19 bits per heavy atom. The highest BCUT2D eigenvalue weighted by Crippen LogP contribution is 2.23. The zero-order valence-corrected chi connectivity index (χ0v) is 16.6. The van der Waals surface area contributed by atoms with Crippen LogP contribution in [0.3, 0.4) is 0 Å². The van der Waals surface area contributed by atoms with Crippen molar-refractivity contribution < 1.29 is 17.5 Å². The van der Waals surface area contributed by atoms with E-state index in [1.165, 1.54) is 12.1 Å². The van der Waals surface area contributed by atoms with Crippen LogP contribution in [-0.4, -0.2) is 46.2 Å². The molecule has 1 saturated heterocycles. The second kappa shape index (κ2) is 8.67. The summed E-state index contributed by atoms with van der Waals surface area (Å²) in [7, 11) is -4.06. The largest absolute Gasteiger partial charge is 0.379 e. The zero-order chi connectivity index (χ0) is 19.4. The van der Waals surface area contributed by atoms with Crippen LogP contribution in [0.2, 0.25) is 5.02 Å². The average Bonchev–Trinajstić information content (AvgIpc) is 2.62. The van der Waals surface area contributed by atoms with Crippen LogP contribution in [0, 0.1) is 12.7 Å². The fourth-order valence-electron chi connectivity index (χ4n) is 3.00. The third-order valence-electron chi connectivity index (χ3n) is 4.51. The van der Waals surface area contributed by atoms with Gasteiger partial charge in [0.25, 0.3) is 0 Å². The number of hydrogen-bond acceptors (Lipinski definition) is 4. The molecule has 1 N–H and O–H groups in total. The van der Waals surface area contributed by atoms with E-state index in [-0.39, 0.29) is 5.02 Å². The molecular weight excluding hydrogens is 391 g/mol. The lowest BCUT2D eigenvalue weighted by atomic mass is 10.1. The summed E-state index contributed by atoms with van der Waals surface area (Å²) < 4.78 is 47.8. The van der Waals surface area contributed by atoms with Crippen molar-refractivity contribution in [2.45, 2.75) is 17.9 Å². The molecule has 0 radical (unpaired) electrons. The van der Waals surface area contributed by atoms with E-state index in [4.69, 9.17) is 16.3 Å². The molecule has 0 aromatic heterocycles. The second-order valence-electron chi connectivity index (χ2n) is 6.57. The summed E-state index contributed by atoms with van der Waals surface area (Å²) in [6.07, 6.45) is 0. The van der Waals surface area contributed by atoms with Gasteiger partial charge in [0.1, 0.15) is 10.7 Å². The number of hydrogen-bond donors (Lipinski definition) is 1. The Morgan fingerprint density at radius 2 is 1.85 bits per heavy atom. The van der Waals surface area contributed by atoms with Crippen molar-refractivity contribution in [1.82, 2.24) is 9.62 Å². The smallest absolute Gasteiger partial charge is 0.244 e. The maximum Gasteiger partial charge on any atom is 0.244 e. The quantitative estimate of drug-likeness (QED) is 0.791. The normalized spacial score (nSPS) is 17.0. The number of rotatable bonds is 6. The van der Waals surface area contributed by atoms with Gasteiger partial charge >= 0.3 is 0 Å². The molecule has 1 heterocycles. The predicted octanol–water partition coefficient (Wildman–Crippen LogP) is 3.14. The molecule has 2 aromatic carbocycles. The molecule has 1 aliphatic heterocycles. The van der Waals surface area contributed by atoms with Gasteiger partial charge in [0.15, 0.2) is 0 Å². The van der Waals surface area contributed by atoms with Gasteiger partial charge in [0.05, 0.1) is 19.3 Å². The zero-order valence-electron chi connectivity index (χ0n) is 15.0. The first kappa shape index (κ1) is 20.2. The fourth-order valence-corrected chi connectivity index (χ4v) is 4.43. The summed E-state index contributed by atoms with van der Waals surface area (Å²) in [5, 5.41) is 0.148. The lowest BCUT2D eigenvalue weighted by Gasteiger charge is -2.31. The average molecular weight is 413 g/mol. The Kier molecular flexibility index (Phi) is 6.49. The summed E-state index contributed by atoms with van der Waals surface area (Å²) in [6, 6.07) is 10.7. The van der Waals surface area contributed by atoms with Crippen LogP contribution in [0.4, 0.5) is 4.39 Å². The lowest BCUT2D eigenvalue weighted by molar-refractivity contribution is 0.0345. The highest BCUT2D eigenvalue weighted by Gasteiger charge is 2.26. The van der Waals surface area contributed by atoms with Crippen molar-refractivity contribution in [1.29, 1.82) is 0 Å². The monoisotopic (exact) mass is 412 g/mol. The molecule has 2 aromatic rings. The number of aryl methyl sites for hydroxylation is 1. The number of ether oxygens (including phenoxy) is 1. The number of nitrogens with one attached hydrogen (secondary N) is 1. The van der Waals surface area contributed by atoms with Crippen molar-refractivity contribution in [2.75, 3.05) is 32.8 Å². The van der Waals surface area contributed by atoms with Crippen LogP contribution < -0.4 is 4.72 Å². The molecule has 8 heteroatoms. The van der Waals surface area contributed by atoms with Gasteiger partial charge in [-0.2, -0.15) is 0 Å². The van der Waals surface area contributed by atoms with Gasteiger partial charge in [-0.3, -0.25) is 4.90 Å². The van der Waals surface area contributed by atoms with Crippen LogP contribution >= 0.6 is 11.6 Å². The van der Waals surface area contributed by atoms with Crippen LogP contribution in [0.1, 0.15) is 17.2 Å². The fraction of sp³-hybridized carbons (Fsp3) is 0.368. The molecule has 0 saturated carbocycles. The van der Waals surface area contributed by atoms with Gasteiger partial charge in [0.2, 0.25) is 10.0 Å². The number of morpholine rings is 1. The number of sulfonamides is 1. The van der Waals surface area contributed by atoms with E-state index >= 15 is 0 Å². The number of nitrogens with zero attached hydrogens (tertiary/aromatic N) is 1. The van der Waals surface area contributed by atoms with Gasteiger partial charge < -0.3 is 4.74 Å². The van der Waals surface area contributed by atoms with Crippen molar-refractivity contribution in [3.63, 3.8) is 0 Å². The molecule has 3 rings (SSSR count).